The van der Waals surface area contributed by atoms with Gasteiger partial charge in [-0.15, -0.1) is 0 Å². The molecule has 0 saturated carbocycles. The molecule has 2 N–H and O–H groups in total. The molecule has 0 fully saturated rings. The number of benzene rings is 1. The van der Waals surface area contributed by atoms with Crippen molar-refractivity contribution in [3.05, 3.63) is 22.2 Å². The quantitative estimate of drug-likeness (QED) is 0.592. The summed E-state index contributed by atoms with van der Waals surface area (Å²) in [6, 6.07) is 3.98. The van der Waals surface area contributed by atoms with Crippen LogP contribution in [0.5, 0.6) is 11.5 Å². The van der Waals surface area contributed by atoms with E-state index in [9.17, 15) is 0 Å². The van der Waals surface area contributed by atoms with E-state index in [4.69, 9.17) is 19.3 Å². The molecule has 0 aliphatic heterocycles. The molecule has 0 unspecified atom stereocenters. The highest BCUT2D eigenvalue weighted by Crippen LogP contribution is 2.36. The summed E-state index contributed by atoms with van der Waals surface area (Å²) in [7, 11) is 3.31. The Balaban J connectivity index is 2.63. The van der Waals surface area contributed by atoms with Crippen molar-refractivity contribution in [2.24, 2.45) is 0 Å². The molecule has 1 aromatic rings. The van der Waals surface area contributed by atoms with Crippen LogP contribution in [-0.2, 0) is 11.3 Å². The SMILES string of the molecule is COCCNCc1cc(Br)c(OCCCCO)c(OC)c1. The minimum Gasteiger partial charge on any atom is -0.493 e. The largest absolute Gasteiger partial charge is 0.493 e. The fraction of sp³-hybridized carbons (Fsp3) is 0.600. The molecule has 1 aromatic carbocycles. The van der Waals surface area contributed by atoms with E-state index in [0.29, 0.717) is 24.7 Å². The van der Waals surface area contributed by atoms with E-state index in [2.05, 4.69) is 21.2 Å². The molecule has 0 amide bonds. The highest BCUT2D eigenvalue weighted by atomic mass is 79.9. The predicted octanol–water partition coefficient (Wildman–Crippen LogP) is 2.34. The summed E-state index contributed by atoms with van der Waals surface area (Å²) in [4.78, 5) is 0. The zero-order valence-corrected chi connectivity index (χ0v) is 14.2. The first-order valence-corrected chi connectivity index (χ1v) is 7.82. The Labute approximate surface area is 134 Å². The molecule has 0 aromatic heterocycles. The van der Waals surface area contributed by atoms with Crippen LogP contribution in [0.25, 0.3) is 0 Å². The van der Waals surface area contributed by atoms with Crippen molar-refractivity contribution in [1.82, 2.24) is 5.32 Å². The topological polar surface area (TPSA) is 60.0 Å². The van der Waals surface area contributed by atoms with E-state index < -0.39 is 0 Å². The Kier molecular flexibility index (Phi) is 9.41. The monoisotopic (exact) mass is 361 g/mol. The molecule has 0 aliphatic rings. The van der Waals surface area contributed by atoms with Gasteiger partial charge in [-0.3, -0.25) is 0 Å². The summed E-state index contributed by atoms with van der Waals surface area (Å²) in [5, 5.41) is 12.1. The lowest BCUT2D eigenvalue weighted by Gasteiger charge is -2.14. The molecule has 0 aliphatic carbocycles. The maximum atomic E-state index is 8.77. The third-order valence-corrected chi connectivity index (χ3v) is 3.49. The summed E-state index contributed by atoms with van der Waals surface area (Å²) in [5.41, 5.74) is 1.11. The minimum absolute atomic E-state index is 0.188. The lowest BCUT2D eigenvalue weighted by Crippen LogP contribution is -2.18. The van der Waals surface area contributed by atoms with Crippen molar-refractivity contribution in [2.45, 2.75) is 19.4 Å². The fourth-order valence-corrected chi connectivity index (χ4v) is 2.41. The number of methoxy groups -OCH3 is 2. The van der Waals surface area contributed by atoms with Gasteiger partial charge in [0, 0.05) is 26.8 Å². The van der Waals surface area contributed by atoms with Gasteiger partial charge in [0.05, 0.1) is 24.8 Å². The summed E-state index contributed by atoms with van der Waals surface area (Å²) in [6.07, 6.45) is 1.55. The Bertz CT molecular complexity index is 415. The number of unbranched alkanes of at least 4 members (excludes halogenated alkanes) is 1. The molecule has 21 heavy (non-hydrogen) atoms. The Morgan fingerprint density at radius 1 is 1.19 bits per heavy atom. The van der Waals surface area contributed by atoms with Crippen LogP contribution in [-0.4, -0.2) is 45.7 Å². The lowest BCUT2D eigenvalue weighted by molar-refractivity contribution is 0.199. The second kappa shape index (κ2) is 10.8. The number of hydrogen-bond acceptors (Lipinski definition) is 5. The van der Waals surface area contributed by atoms with Crippen molar-refractivity contribution in [3.8, 4) is 11.5 Å². The summed E-state index contributed by atoms with van der Waals surface area (Å²) >= 11 is 3.52. The Hall–Kier alpha value is -0.820. The highest BCUT2D eigenvalue weighted by molar-refractivity contribution is 9.10. The second-order valence-electron chi connectivity index (χ2n) is 4.56. The lowest BCUT2D eigenvalue weighted by atomic mass is 10.2. The van der Waals surface area contributed by atoms with Crippen molar-refractivity contribution in [1.29, 1.82) is 0 Å². The van der Waals surface area contributed by atoms with Gasteiger partial charge >= 0.3 is 0 Å². The van der Waals surface area contributed by atoms with Gasteiger partial charge in [0.15, 0.2) is 11.5 Å². The van der Waals surface area contributed by atoms with Gasteiger partial charge in [-0.2, -0.15) is 0 Å². The number of halogens is 1. The first-order valence-electron chi connectivity index (χ1n) is 7.02. The number of aliphatic hydroxyl groups is 1. The van der Waals surface area contributed by atoms with Gasteiger partial charge in [0.2, 0.25) is 0 Å². The predicted molar refractivity (Wildman–Crippen MR) is 86.1 cm³/mol. The van der Waals surface area contributed by atoms with Crippen LogP contribution in [0, 0.1) is 0 Å². The molecular weight excluding hydrogens is 338 g/mol. The van der Waals surface area contributed by atoms with Crippen LogP contribution < -0.4 is 14.8 Å². The molecule has 1 rings (SSSR count). The standard InChI is InChI=1S/C15H24BrNO4/c1-19-8-5-17-11-12-9-13(16)15(14(10-12)20-2)21-7-4-3-6-18/h9-10,17-18H,3-8,11H2,1-2H3. The van der Waals surface area contributed by atoms with Crippen molar-refractivity contribution in [2.75, 3.05) is 40.6 Å². The smallest absolute Gasteiger partial charge is 0.175 e. The molecule has 0 atom stereocenters. The molecule has 0 heterocycles. The normalized spacial score (nSPS) is 10.7. The molecule has 120 valence electrons. The van der Waals surface area contributed by atoms with Crippen molar-refractivity contribution >= 4 is 15.9 Å². The van der Waals surface area contributed by atoms with Gasteiger partial charge in [-0.25, -0.2) is 0 Å². The number of rotatable bonds is 11. The Morgan fingerprint density at radius 3 is 2.67 bits per heavy atom. The Morgan fingerprint density at radius 2 is 2.00 bits per heavy atom. The van der Waals surface area contributed by atoms with E-state index in [1.54, 1.807) is 14.2 Å². The van der Waals surface area contributed by atoms with Crippen LogP contribution in [0.4, 0.5) is 0 Å². The van der Waals surface area contributed by atoms with Gasteiger partial charge in [-0.1, -0.05) is 0 Å². The van der Waals surface area contributed by atoms with E-state index >= 15 is 0 Å². The highest BCUT2D eigenvalue weighted by Gasteiger charge is 2.11. The zero-order chi connectivity index (χ0) is 15.5. The molecule has 0 radical (unpaired) electrons. The maximum Gasteiger partial charge on any atom is 0.175 e. The van der Waals surface area contributed by atoms with E-state index in [0.717, 1.165) is 36.0 Å². The number of aliphatic hydroxyl groups excluding tert-OH is 1. The van der Waals surface area contributed by atoms with Crippen LogP contribution in [0.1, 0.15) is 18.4 Å². The maximum absolute atomic E-state index is 8.77. The minimum atomic E-state index is 0.188. The third kappa shape index (κ3) is 6.65. The summed E-state index contributed by atoms with van der Waals surface area (Å²) < 4.78 is 17.0. The third-order valence-electron chi connectivity index (χ3n) is 2.90. The van der Waals surface area contributed by atoms with Gasteiger partial charge in [0.1, 0.15) is 0 Å². The molecule has 6 heteroatoms. The van der Waals surface area contributed by atoms with E-state index in [-0.39, 0.29) is 6.61 Å². The first-order chi connectivity index (χ1) is 10.2. The fourth-order valence-electron chi connectivity index (χ4n) is 1.81. The summed E-state index contributed by atoms with van der Waals surface area (Å²) in [5.74, 6) is 1.41. The van der Waals surface area contributed by atoms with Crippen molar-refractivity contribution < 1.29 is 19.3 Å². The van der Waals surface area contributed by atoms with Gasteiger partial charge < -0.3 is 24.6 Å². The van der Waals surface area contributed by atoms with Crippen LogP contribution in [0.2, 0.25) is 0 Å². The first kappa shape index (κ1) is 18.2. The van der Waals surface area contributed by atoms with Crippen LogP contribution >= 0.6 is 15.9 Å². The molecule has 0 spiro atoms. The average Bonchev–Trinajstić information content (AvgIpc) is 2.49. The van der Waals surface area contributed by atoms with Crippen LogP contribution in [0.15, 0.2) is 16.6 Å². The summed E-state index contributed by atoms with van der Waals surface area (Å²) in [6.45, 7) is 2.97. The molecular formula is C15H24BrNO4. The molecule has 0 saturated heterocycles. The molecule has 0 bridgehead atoms. The number of nitrogens with one attached hydrogen (secondary N) is 1. The van der Waals surface area contributed by atoms with E-state index in [1.807, 2.05) is 12.1 Å². The zero-order valence-electron chi connectivity index (χ0n) is 12.7. The van der Waals surface area contributed by atoms with Gasteiger partial charge in [0.25, 0.3) is 0 Å². The van der Waals surface area contributed by atoms with Crippen LogP contribution in [0.3, 0.4) is 0 Å². The van der Waals surface area contributed by atoms with Crippen molar-refractivity contribution in [3.63, 3.8) is 0 Å². The number of ether oxygens (including phenoxy) is 3. The number of hydrogen-bond donors (Lipinski definition) is 2. The molecule has 5 nitrogen and oxygen atoms in total. The second-order valence-corrected chi connectivity index (χ2v) is 5.41. The average molecular weight is 362 g/mol. The van der Waals surface area contributed by atoms with E-state index in [1.165, 1.54) is 0 Å². The van der Waals surface area contributed by atoms with Gasteiger partial charge in [-0.05, 0) is 46.5 Å².